The number of phenolic OH excluding ortho intramolecular Hbond substituents is 1. The molecule has 0 saturated carbocycles. The number of fused-ring (bicyclic) bond motifs is 3. The SMILES string of the molecule is O=c1oc2cc(OCc3cnccn3)ccc2c2ccc(O)cc12. The van der Waals surface area contributed by atoms with E-state index in [4.69, 9.17) is 9.15 Å². The second-order valence-corrected chi connectivity index (χ2v) is 5.26. The number of aromatic nitrogens is 2. The van der Waals surface area contributed by atoms with E-state index < -0.39 is 5.63 Å². The van der Waals surface area contributed by atoms with Crippen LogP contribution in [0.25, 0.3) is 21.7 Å². The smallest absolute Gasteiger partial charge is 0.344 e. The van der Waals surface area contributed by atoms with Crippen LogP contribution in [-0.2, 0) is 6.61 Å². The van der Waals surface area contributed by atoms with Gasteiger partial charge < -0.3 is 14.3 Å². The predicted octanol–water partition coefficient (Wildman–Crippen LogP) is 3.02. The molecule has 24 heavy (non-hydrogen) atoms. The molecule has 6 heteroatoms. The quantitative estimate of drug-likeness (QED) is 0.461. The number of benzene rings is 2. The molecule has 0 atom stereocenters. The van der Waals surface area contributed by atoms with Gasteiger partial charge in [-0.1, -0.05) is 0 Å². The summed E-state index contributed by atoms with van der Waals surface area (Å²) in [6, 6.07) is 9.93. The fourth-order valence-corrected chi connectivity index (χ4v) is 2.55. The summed E-state index contributed by atoms with van der Waals surface area (Å²) >= 11 is 0. The Hall–Kier alpha value is -3.41. The van der Waals surface area contributed by atoms with Crippen molar-refractivity contribution in [1.82, 2.24) is 9.97 Å². The number of phenols is 1. The fraction of sp³-hybridized carbons (Fsp3) is 0.0556. The third-order valence-corrected chi connectivity index (χ3v) is 3.67. The summed E-state index contributed by atoms with van der Waals surface area (Å²) in [5.41, 5.74) is 0.627. The summed E-state index contributed by atoms with van der Waals surface area (Å²) < 4.78 is 11.0. The van der Waals surface area contributed by atoms with Crippen molar-refractivity contribution in [2.45, 2.75) is 6.61 Å². The Balaban J connectivity index is 1.74. The predicted molar refractivity (Wildman–Crippen MR) is 88.0 cm³/mol. The number of hydrogen-bond acceptors (Lipinski definition) is 6. The molecule has 0 unspecified atom stereocenters. The van der Waals surface area contributed by atoms with Crippen molar-refractivity contribution in [2.75, 3.05) is 0 Å². The van der Waals surface area contributed by atoms with Crippen molar-refractivity contribution in [3.05, 3.63) is 71.1 Å². The summed E-state index contributed by atoms with van der Waals surface area (Å²) in [6.07, 6.45) is 4.82. The third kappa shape index (κ3) is 2.54. The zero-order valence-electron chi connectivity index (χ0n) is 12.5. The Kier molecular flexibility index (Phi) is 3.35. The second kappa shape index (κ2) is 5.66. The molecule has 2 aromatic carbocycles. The van der Waals surface area contributed by atoms with Crippen LogP contribution in [0.4, 0.5) is 0 Å². The lowest BCUT2D eigenvalue weighted by Crippen LogP contribution is -2.01. The molecule has 0 spiro atoms. The topological polar surface area (TPSA) is 85.5 Å². The van der Waals surface area contributed by atoms with Crippen molar-refractivity contribution in [3.63, 3.8) is 0 Å². The molecule has 118 valence electrons. The lowest BCUT2D eigenvalue weighted by molar-refractivity contribution is 0.300. The van der Waals surface area contributed by atoms with E-state index in [1.807, 2.05) is 6.07 Å². The molecule has 0 saturated heterocycles. The Morgan fingerprint density at radius 1 is 1.04 bits per heavy atom. The first-order chi connectivity index (χ1) is 11.7. The van der Waals surface area contributed by atoms with Gasteiger partial charge in [0.05, 0.1) is 17.3 Å². The van der Waals surface area contributed by atoms with E-state index in [-0.39, 0.29) is 12.4 Å². The summed E-state index contributed by atoms with van der Waals surface area (Å²) in [4.78, 5) is 20.2. The van der Waals surface area contributed by atoms with Gasteiger partial charge in [-0.2, -0.15) is 0 Å². The van der Waals surface area contributed by atoms with Crippen LogP contribution in [0.1, 0.15) is 5.69 Å². The van der Waals surface area contributed by atoms with Gasteiger partial charge in [0.15, 0.2) is 0 Å². The molecular weight excluding hydrogens is 308 g/mol. The van der Waals surface area contributed by atoms with E-state index in [0.29, 0.717) is 22.4 Å². The van der Waals surface area contributed by atoms with Crippen LogP contribution < -0.4 is 10.4 Å². The Morgan fingerprint density at radius 3 is 2.75 bits per heavy atom. The van der Waals surface area contributed by atoms with Gasteiger partial charge in [0, 0.05) is 29.2 Å². The lowest BCUT2D eigenvalue weighted by atomic mass is 10.1. The zero-order chi connectivity index (χ0) is 16.5. The Bertz CT molecular complexity index is 1090. The minimum atomic E-state index is -0.500. The molecule has 0 radical (unpaired) electrons. The Morgan fingerprint density at radius 2 is 1.92 bits per heavy atom. The summed E-state index contributed by atoms with van der Waals surface area (Å²) in [6.45, 7) is 0.269. The van der Waals surface area contributed by atoms with Gasteiger partial charge in [0.2, 0.25) is 0 Å². The monoisotopic (exact) mass is 320 g/mol. The van der Waals surface area contributed by atoms with Gasteiger partial charge in [-0.25, -0.2) is 4.79 Å². The molecule has 0 fully saturated rings. The van der Waals surface area contributed by atoms with Crippen LogP contribution in [0, 0.1) is 0 Å². The van der Waals surface area contributed by atoms with Crippen LogP contribution in [-0.4, -0.2) is 15.1 Å². The molecule has 4 rings (SSSR count). The van der Waals surface area contributed by atoms with Gasteiger partial charge in [0.1, 0.15) is 23.7 Å². The van der Waals surface area contributed by atoms with E-state index in [9.17, 15) is 9.90 Å². The maximum atomic E-state index is 12.1. The van der Waals surface area contributed by atoms with E-state index in [1.54, 1.807) is 42.9 Å². The average Bonchev–Trinajstić information content (AvgIpc) is 2.61. The molecule has 1 N–H and O–H groups in total. The molecule has 0 aliphatic rings. The van der Waals surface area contributed by atoms with E-state index in [1.165, 1.54) is 6.07 Å². The van der Waals surface area contributed by atoms with Crippen molar-refractivity contribution in [3.8, 4) is 11.5 Å². The molecule has 0 bridgehead atoms. The first kappa shape index (κ1) is 14.2. The van der Waals surface area contributed by atoms with Gasteiger partial charge >= 0.3 is 5.63 Å². The largest absolute Gasteiger partial charge is 0.508 e. The molecule has 0 aliphatic carbocycles. The van der Waals surface area contributed by atoms with E-state index in [2.05, 4.69) is 9.97 Å². The number of ether oxygens (including phenoxy) is 1. The second-order valence-electron chi connectivity index (χ2n) is 5.26. The molecule has 2 heterocycles. The first-order valence-electron chi connectivity index (χ1n) is 7.28. The highest BCUT2D eigenvalue weighted by Gasteiger charge is 2.09. The maximum absolute atomic E-state index is 12.1. The first-order valence-corrected chi connectivity index (χ1v) is 7.28. The van der Waals surface area contributed by atoms with Crippen molar-refractivity contribution in [1.29, 1.82) is 0 Å². The molecule has 2 aromatic heterocycles. The molecular formula is C18H12N2O4. The summed E-state index contributed by atoms with van der Waals surface area (Å²) in [5, 5.41) is 11.4. The van der Waals surface area contributed by atoms with Crippen LogP contribution >= 0.6 is 0 Å². The minimum absolute atomic E-state index is 0.0260. The minimum Gasteiger partial charge on any atom is -0.508 e. The third-order valence-electron chi connectivity index (χ3n) is 3.67. The molecule has 0 amide bonds. The summed E-state index contributed by atoms with van der Waals surface area (Å²) in [7, 11) is 0. The molecule has 6 nitrogen and oxygen atoms in total. The van der Waals surface area contributed by atoms with Gasteiger partial charge in [-0.15, -0.1) is 0 Å². The lowest BCUT2D eigenvalue weighted by Gasteiger charge is -2.07. The van der Waals surface area contributed by atoms with Crippen LogP contribution in [0.3, 0.4) is 0 Å². The maximum Gasteiger partial charge on any atom is 0.344 e. The van der Waals surface area contributed by atoms with Crippen LogP contribution in [0.15, 0.2) is 64.2 Å². The summed E-state index contributed by atoms with van der Waals surface area (Å²) in [5.74, 6) is 0.590. The molecule has 4 aromatic rings. The molecule has 0 aliphatic heterocycles. The van der Waals surface area contributed by atoms with Crippen molar-refractivity contribution >= 4 is 21.7 Å². The van der Waals surface area contributed by atoms with Crippen molar-refractivity contribution in [2.24, 2.45) is 0 Å². The number of hydrogen-bond donors (Lipinski definition) is 1. The fourth-order valence-electron chi connectivity index (χ4n) is 2.55. The van der Waals surface area contributed by atoms with Gasteiger partial charge in [-0.3, -0.25) is 9.97 Å². The number of rotatable bonds is 3. The van der Waals surface area contributed by atoms with Crippen LogP contribution in [0.2, 0.25) is 0 Å². The average molecular weight is 320 g/mol. The highest BCUT2D eigenvalue weighted by Crippen LogP contribution is 2.28. The van der Waals surface area contributed by atoms with E-state index >= 15 is 0 Å². The highest BCUT2D eigenvalue weighted by atomic mass is 16.5. The normalized spacial score (nSPS) is 11.0. The number of nitrogens with zero attached hydrogens (tertiary/aromatic N) is 2. The van der Waals surface area contributed by atoms with Gasteiger partial charge in [0.25, 0.3) is 0 Å². The standard InChI is InChI=1S/C18H12N2O4/c21-12-1-3-14-15-4-2-13(23-10-11-9-19-5-6-20-11)8-17(15)24-18(22)16(14)7-12/h1-9,21H,10H2. The number of aromatic hydroxyl groups is 1. The van der Waals surface area contributed by atoms with Crippen molar-refractivity contribution < 1.29 is 14.3 Å². The highest BCUT2D eigenvalue weighted by molar-refractivity contribution is 6.04. The van der Waals surface area contributed by atoms with E-state index in [0.717, 1.165) is 10.8 Å². The van der Waals surface area contributed by atoms with Crippen LogP contribution in [0.5, 0.6) is 11.5 Å². The van der Waals surface area contributed by atoms with Gasteiger partial charge in [-0.05, 0) is 30.3 Å². The Labute approximate surface area is 136 Å². The zero-order valence-corrected chi connectivity index (χ0v) is 12.5.